The van der Waals surface area contributed by atoms with Crippen LogP contribution >= 0.6 is 11.6 Å². The lowest BCUT2D eigenvalue weighted by Gasteiger charge is -2.28. The first-order valence-corrected chi connectivity index (χ1v) is 11.5. The highest BCUT2D eigenvalue weighted by atomic mass is 35.5. The summed E-state index contributed by atoms with van der Waals surface area (Å²) in [5, 5.41) is 18.8. The van der Waals surface area contributed by atoms with E-state index in [1.54, 1.807) is 4.68 Å². The molecule has 0 fully saturated rings. The second kappa shape index (κ2) is 9.60. The van der Waals surface area contributed by atoms with Gasteiger partial charge in [0.2, 0.25) is 5.95 Å². The predicted octanol–water partition coefficient (Wildman–Crippen LogP) is 5.14. The molecule has 1 amide bonds. The molecule has 1 aromatic heterocycles. The fourth-order valence-electron chi connectivity index (χ4n) is 4.06. The summed E-state index contributed by atoms with van der Waals surface area (Å²) in [6.07, 6.45) is 0. The van der Waals surface area contributed by atoms with Crippen molar-refractivity contribution in [3.63, 3.8) is 0 Å². The maximum atomic E-state index is 13.4. The van der Waals surface area contributed by atoms with E-state index in [-0.39, 0.29) is 5.91 Å². The number of fused-ring (bicyclic) bond motifs is 1. The first kappa shape index (κ1) is 22.6. The number of hydrogen-bond acceptors (Lipinski definition) is 6. The monoisotopic (exact) mass is 486 g/mol. The van der Waals surface area contributed by atoms with E-state index in [0.29, 0.717) is 34.6 Å². The van der Waals surface area contributed by atoms with Gasteiger partial charge < -0.3 is 15.4 Å². The van der Waals surface area contributed by atoms with Crippen molar-refractivity contribution in [2.45, 2.75) is 26.5 Å². The molecule has 0 saturated carbocycles. The minimum Gasteiger partial charge on any atom is -0.489 e. The van der Waals surface area contributed by atoms with E-state index >= 15 is 0 Å². The highest BCUT2D eigenvalue weighted by Gasteiger charge is 2.34. The maximum Gasteiger partial charge on any atom is 0.255 e. The number of anilines is 2. The first-order chi connectivity index (χ1) is 17.0. The molecule has 1 atom stereocenters. The summed E-state index contributed by atoms with van der Waals surface area (Å²) in [5.74, 6) is 0.926. The number of allylic oxidation sites excluding steroid dienone is 1. The molecule has 1 aliphatic rings. The summed E-state index contributed by atoms with van der Waals surface area (Å²) in [5.41, 5.74) is 4.74. The molecular weight excluding hydrogens is 464 g/mol. The van der Waals surface area contributed by atoms with Gasteiger partial charge in [-0.1, -0.05) is 59.2 Å². The van der Waals surface area contributed by atoms with E-state index in [0.717, 1.165) is 22.4 Å². The maximum absolute atomic E-state index is 13.4. The number of nitrogens with one attached hydrogen (secondary N) is 2. The van der Waals surface area contributed by atoms with Crippen molar-refractivity contribution in [1.29, 1.82) is 0 Å². The van der Waals surface area contributed by atoms with Crippen molar-refractivity contribution in [3.8, 4) is 5.75 Å². The summed E-state index contributed by atoms with van der Waals surface area (Å²) in [7, 11) is 0. The molecule has 1 aliphatic heterocycles. The lowest BCUT2D eigenvalue weighted by Crippen LogP contribution is -2.31. The Morgan fingerprint density at radius 1 is 1.09 bits per heavy atom. The molecule has 1 unspecified atom stereocenters. The Balaban J connectivity index is 1.42. The Bertz CT molecular complexity index is 1410. The van der Waals surface area contributed by atoms with Crippen molar-refractivity contribution >= 4 is 29.1 Å². The summed E-state index contributed by atoms with van der Waals surface area (Å²) in [6.45, 7) is 4.18. The van der Waals surface area contributed by atoms with Gasteiger partial charge in [-0.05, 0) is 65.7 Å². The number of ether oxygens (including phenoxy) is 1. The van der Waals surface area contributed by atoms with Gasteiger partial charge in [0.1, 0.15) is 18.4 Å². The number of carbonyl (C=O) groups excluding carboxylic acids is 1. The minimum atomic E-state index is -0.510. The van der Waals surface area contributed by atoms with E-state index in [1.807, 2.05) is 86.6 Å². The molecule has 176 valence electrons. The third-order valence-electron chi connectivity index (χ3n) is 5.78. The van der Waals surface area contributed by atoms with Crippen LogP contribution in [0.3, 0.4) is 0 Å². The van der Waals surface area contributed by atoms with Gasteiger partial charge in [-0.15, -0.1) is 0 Å². The van der Waals surface area contributed by atoms with Crippen LogP contribution < -0.4 is 15.4 Å². The molecule has 35 heavy (non-hydrogen) atoms. The standard InChI is InChI=1S/C26H23ClN6O2/c1-16-6-5-8-20(14-16)29-25(34)23-17(2)28-26-30-31-32-33(26)24(23)18-10-12-21(13-11-18)35-15-19-7-3-4-9-22(19)27/h3-14,24H,15H2,1-2H3,(H,29,34)(H,28,30,32). The highest BCUT2D eigenvalue weighted by Crippen LogP contribution is 2.35. The molecule has 2 N–H and O–H groups in total. The average Bonchev–Trinajstić information content (AvgIpc) is 3.31. The average molecular weight is 487 g/mol. The van der Waals surface area contributed by atoms with E-state index in [4.69, 9.17) is 16.3 Å². The molecule has 9 heteroatoms. The van der Waals surface area contributed by atoms with Crippen LogP contribution in [-0.2, 0) is 11.4 Å². The third-order valence-corrected chi connectivity index (χ3v) is 6.15. The first-order valence-electron chi connectivity index (χ1n) is 11.1. The van der Waals surface area contributed by atoms with Crippen LogP contribution in [-0.4, -0.2) is 26.1 Å². The summed E-state index contributed by atoms with van der Waals surface area (Å²) in [6, 6.07) is 22.3. The van der Waals surface area contributed by atoms with E-state index in [9.17, 15) is 4.79 Å². The van der Waals surface area contributed by atoms with Gasteiger partial charge in [0, 0.05) is 22.0 Å². The van der Waals surface area contributed by atoms with Gasteiger partial charge in [-0.2, -0.15) is 4.68 Å². The van der Waals surface area contributed by atoms with Gasteiger partial charge in [-0.25, -0.2) is 0 Å². The van der Waals surface area contributed by atoms with Crippen LogP contribution in [0, 0.1) is 6.92 Å². The van der Waals surface area contributed by atoms with Crippen LogP contribution in [0.2, 0.25) is 5.02 Å². The van der Waals surface area contributed by atoms with Crippen molar-refractivity contribution in [2.75, 3.05) is 10.6 Å². The van der Waals surface area contributed by atoms with Crippen LogP contribution in [0.25, 0.3) is 0 Å². The number of aryl methyl sites for hydroxylation is 1. The lowest BCUT2D eigenvalue weighted by molar-refractivity contribution is -0.113. The number of amides is 1. The van der Waals surface area contributed by atoms with Crippen molar-refractivity contribution < 1.29 is 9.53 Å². The number of hydrogen-bond donors (Lipinski definition) is 2. The van der Waals surface area contributed by atoms with E-state index in [2.05, 4.69) is 26.2 Å². The number of benzene rings is 3. The minimum absolute atomic E-state index is 0.231. The highest BCUT2D eigenvalue weighted by molar-refractivity contribution is 6.31. The Hall–Kier alpha value is -4.17. The second-order valence-electron chi connectivity index (χ2n) is 8.29. The van der Waals surface area contributed by atoms with Gasteiger partial charge in [0.05, 0.1) is 5.57 Å². The molecular formula is C26H23ClN6O2. The zero-order chi connectivity index (χ0) is 24.4. The number of halogens is 1. The van der Waals surface area contributed by atoms with Crippen LogP contribution in [0.15, 0.2) is 84.1 Å². The van der Waals surface area contributed by atoms with Crippen LogP contribution in [0.1, 0.15) is 29.7 Å². The fourth-order valence-corrected chi connectivity index (χ4v) is 4.25. The van der Waals surface area contributed by atoms with Crippen molar-refractivity contribution in [1.82, 2.24) is 20.2 Å². The fraction of sp³-hybridized carbons (Fsp3) is 0.154. The molecule has 0 radical (unpaired) electrons. The zero-order valence-corrected chi connectivity index (χ0v) is 20.0. The molecule has 5 rings (SSSR count). The number of rotatable bonds is 6. The number of tetrazole rings is 1. The zero-order valence-electron chi connectivity index (χ0n) is 19.2. The van der Waals surface area contributed by atoms with Crippen molar-refractivity contribution in [2.24, 2.45) is 0 Å². The molecule has 0 bridgehead atoms. The van der Waals surface area contributed by atoms with Gasteiger partial charge in [0.25, 0.3) is 5.91 Å². The molecule has 0 aliphatic carbocycles. The summed E-state index contributed by atoms with van der Waals surface area (Å²) < 4.78 is 7.53. The number of carbonyl (C=O) groups is 1. The largest absolute Gasteiger partial charge is 0.489 e. The second-order valence-corrected chi connectivity index (χ2v) is 8.69. The summed E-state index contributed by atoms with van der Waals surface area (Å²) in [4.78, 5) is 13.4. The Morgan fingerprint density at radius 2 is 1.89 bits per heavy atom. The normalized spacial score (nSPS) is 14.8. The topological polar surface area (TPSA) is 94.0 Å². The Kier molecular flexibility index (Phi) is 6.20. The van der Waals surface area contributed by atoms with E-state index in [1.165, 1.54) is 0 Å². The Labute approximate surface area is 207 Å². The van der Waals surface area contributed by atoms with E-state index < -0.39 is 6.04 Å². The molecule has 0 spiro atoms. The number of nitrogens with zero attached hydrogens (tertiary/aromatic N) is 4. The molecule has 0 saturated heterocycles. The molecule has 2 heterocycles. The SMILES string of the molecule is CC1=C(C(=O)Nc2cccc(C)c2)C(c2ccc(OCc3ccccc3Cl)cc2)n2nnnc2N1. The Morgan fingerprint density at radius 3 is 2.66 bits per heavy atom. The molecule has 3 aromatic carbocycles. The van der Waals surface area contributed by atoms with Gasteiger partial charge in [-0.3, -0.25) is 4.79 Å². The molecule has 4 aromatic rings. The van der Waals surface area contributed by atoms with Crippen LogP contribution in [0.4, 0.5) is 11.6 Å². The summed E-state index contributed by atoms with van der Waals surface area (Å²) >= 11 is 6.23. The quantitative estimate of drug-likeness (QED) is 0.392. The molecule has 8 nitrogen and oxygen atoms in total. The third kappa shape index (κ3) is 4.74. The lowest BCUT2D eigenvalue weighted by atomic mass is 9.95. The smallest absolute Gasteiger partial charge is 0.255 e. The van der Waals surface area contributed by atoms with Gasteiger partial charge in [0.15, 0.2) is 0 Å². The number of aromatic nitrogens is 4. The van der Waals surface area contributed by atoms with Crippen molar-refractivity contribution in [3.05, 3.63) is 106 Å². The van der Waals surface area contributed by atoms with Gasteiger partial charge >= 0.3 is 0 Å². The predicted molar refractivity (Wildman–Crippen MR) is 134 cm³/mol. The van der Waals surface area contributed by atoms with Crippen LogP contribution in [0.5, 0.6) is 5.75 Å².